The molecule has 1 N–H and O–H groups in total. The SMILES string of the molecule is CC[C@@H]1CCc2cc(C(C)(F)F)ccc2N1S(=O)(=O)c1ccc(OCC2CCOCC2)c(CO)c1. The Bertz CT molecular complexity index is 1140. The molecule has 35 heavy (non-hydrogen) atoms. The molecular weight excluding hydrogens is 476 g/mol. The molecule has 0 spiro atoms. The number of aliphatic hydroxyl groups excluding tert-OH is 1. The molecule has 9 heteroatoms. The summed E-state index contributed by atoms with van der Waals surface area (Å²) < 4.78 is 68.1. The third-order valence-electron chi connectivity index (χ3n) is 6.95. The van der Waals surface area contributed by atoms with Crippen molar-refractivity contribution >= 4 is 15.7 Å². The second-order valence-corrected chi connectivity index (χ2v) is 11.2. The van der Waals surface area contributed by atoms with Crippen LogP contribution in [-0.2, 0) is 33.7 Å². The molecular formula is C26H33F2NO5S. The average molecular weight is 510 g/mol. The molecule has 0 saturated carbocycles. The van der Waals surface area contributed by atoms with Crippen LogP contribution in [0.2, 0.25) is 0 Å². The molecule has 0 bridgehead atoms. The van der Waals surface area contributed by atoms with Crippen LogP contribution in [0, 0.1) is 5.92 Å². The first-order valence-corrected chi connectivity index (χ1v) is 13.6. The van der Waals surface area contributed by atoms with E-state index in [9.17, 15) is 22.3 Å². The van der Waals surface area contributed by atoms with Crippen molar-refractivity contribution in [3.63, 3.8) is 0 Å². The van der Waals surface area contributed by atoms with Crippen LogP contribution < -0.4 is 9.04 Å². The fourth-order valence-corrected chi connectivity index (χ4v) is 6.66. The van der Waals surface area contributed by atoms with E-state index in [1.807, 2.05) is 6.92 Å². The van der Waals surface area contributed by atoms with Gasteiger partial charge in [0.05, 0.1) is 23.8 Å². The number of benzene rings is 2. The number of aliphatic hydroxyl groups is 1. The molecule has 0 unspecified atom stereocenters. The first kappa shape index (κ1) is 25.9. The molecule has 2 aliphatic heterocycles. The predicted molar refractivity (Wildman–Crippen MR) is 129 cm³/mol. The highest BCUT2D eigenvalue weighted by atomic mass is 32.2. The Morgan fingerprint density at radius 1 is 1.14 bits per heavy atom. The second kappa shape index (κ2) is 10.4. The molecule has 2 aromatic rings. The van der Waals surface area contributed by atoms with Crippen molar-refractivity contribution < 1.29 is 31.8 Å². The van der Waals surface area contributed by atoms with Gasteiger partial charge in [-0.3, -0.25) is 4.31 Å². The van der Waals surface area contributed by atoms with Crippen molar-refractivity contribution in [2.45, 2.75) is 69.4 Å². The molecule has 4 rings (SSSR count). The molecule has 0 radical (unpaired) electrons. The summed E-state index contributed by atoms with van der Waals surface area (Å²) in [6.45, 7) is 4.26. The van der Waals surface area contributed by atoms with Gasteiger partial charge in [-0.05, 0) is 73.9 Å². The number of alkyl halides is 2. The van der Waals surface area contributed by atoms with E-state index in [2.05, 4.69) is 0 Å². The largest absolute Gasteiger partial charge is 0.493 e. The first-order valence-electron chi connectivity index (χ1n) is 12.1. The van der Waals surface area contributed by atoms with Crippen molar-refractivity contribution in [1.29, 1.82) is 0 Å². The van der Waals surface area contributed by atoms with E-state index in [1.165, 1.54) is 34.6 Å². The maximum atomic E-state index is 13.9. The molecule has 0 aromatic heterocycles. The van der Waals surface area contributed by atoms with Gasteiger partial charge in [-0.25, -0.2) is 17.2 Å². The lowest BCUT2D eigenvalue weighted by Crippen LogP contribution is -2.43. The van der Waals surface area contributed by atoms with Gasteiger partial charge in [0.2, 0.25) is 0 Å². The first-order chi connectivity index (χ1) is 16.6. The summed E-state index contributed by atoms with van der Waals surface area (Å²) in [5, 5.41) is 9.94. The highest BCUT2D eigenvalue weighted by molar-refractivity contribution is 7.92. The lowest BCUT2D eigenvalue weighted by Gasteiger charge is -2.38. The van der Waals surface area contributed by atoms with Crippen LogP contribution in [0.4, 0.5) is 14.5 Å². The Hall–Kier alpha value is -2.23. The molecule has 1 fully saturated rings. The minimum absolute atomic E-state index is 0.0381. The minimum Gasteiger partial charge on any atom is -0.493 e. The number of halogens is 2. The van der Waals surface area contributed by atoms with Gasteiger partial charge in [-0.1, -0.05) is 13.0 Å². The van der Waals surface area contributed by atoms with Gasteiger partial charge in [0, 0.05) is 37.3 Å². The number of aryl methyl sites for hydroxylation is 1. The third-order valence-corrected chi connectivity index (χ3v) is 8.81. The van der Waals surface area contributed by atoms with Gasteiger partial charge in [-0.15, -0.1) is 0 Å². The maximum Gasteiger partial charge on any atom is 0.270 e. The molecule has 0 amide bonds. The Kier molecular flexibility index (Phi) is 7.68. The summed E-state index contributed by atoms with van der Waals surface area (Å²) >= 11 is 0. The molecule has 6 nitrogen and oxygen atoms in total. The summed E-state index contributed by atoms with van der Waals surface area (Å²) in [5.74, 6) is -2.19. The van der Waals surface area contributed by atoms with Crippen LogP contribution in [-0.4, -0.2) is 39.4 Å². The monoisotopic (exact) mass is 509 g/mol. The van der Waals surface area contributed by atoms with Crippen LogP contribution in [0.1, 0.15) is 56.2 Å². The van der Waals surface area contributed by atoms with E-state index in [0.717, 1.165) is 19.8 Å². The number of nitrogens with zero attached hydrogens (tertiary/aromatic N) is 1. The van der Waals surface area contributed by atoms with Crippen LogP contribution in [0.15, 0.2) is 41.3 Å². The molecule has 1 saturated heterocycles. The smallest absolute Gasteiger partial charge is 0.270 e. The van der Waals surface area contributed by atoms with E-state index in [-0.39, 0.29) is 23.1 Å². The average Bonchev–Trinajstić information content (AvgIpc) is 2.86. The third kappa shape index (κ3) is 5.47. The van der Waals surface area contributed by atoms with Crippen LogP contribution in [0.5, 0.6) is 5.75 Å². The summed E-state index contributed by atoms with van der Waals surface area (Å²) in [4.78, 5) is 0.0381. The predicted octanol–water partition coefficient (Wildman–Crippen LogP) is 5.02. The van der Waals surface area contributed by atoms with Crippen molar-refractivity contribution in [3.05, 3.63) is 53.1 Å². The summed E-state index contributed by atoms with van der Waals surface area (Å²) in [6, 6.07) is 8.43. The fraction of sp³-hybridized carbons (Fsp3) is 0.538. The maximum absolute atomic E-state index is 13.9. The molecule has 2 aliphatic rings. The summed E-state index contributed by atoms with van der Waals surface area (Å²) in [7, 11) is -4.01. The van der Waals surface area contributed by atoms with Gasteiger partial charge in [0.1, 0.15) is 5.75 Å². The number of fused-ring (bicyclic) bond motifs is 1. The number of sulfonamides is 1. The zero-order valence-corrected chi connectivity index (χ0v) is 21.0. The van der Waals surface area contributed by atoms with E-state index in [0.29, 0.717) is 67.6 Å². The standard InChI is InChI=1S/C26H33F2NO5S/c1-3-22-6-4-19-14-21(26(2,27)28)5-8-24(19)29(22)35(31,32)23-7-9-25(20(15-23)16-30)34-17-18-10-12-33-13-11-18/h5,7-9,14-15,18,22,30H,3-4,6,10-13,16-17H2,1-2H3/t22-/m1/s1. The minimum atomic E-state index is -4.01. The van der Waals surface area contributed by atoms with Gasteiger partial charge in [-0.2, -0.15) is 0 Å². The van der Waals surface area contributed by atoms with Crippen molar-refractivity contribution in [1.82, 2.24) is 0 Å². The Labute approximate surface area is 205 Å². The number of rotatable bonds is 8. The van der Waals surface area contributed by atoms with Crippen molar-refractivity contribution in [2.75, 3.05) is 24.1 Å². The lowest BCUT2D eigenvalue weighted by atomic mass is 9.94. The Balaban J connectivity index is 1.65. The summed E-state index contributed by atoms with van der Waals surface area (Å²) in [5.41, 5.74) is 1.29. The zero-order valence-electron chi connectivity index (χ0n) is 20.2. The van der Waals surface area contributed by atoms with E-state index < -0.39 is 15.9 Å². The summed E-state index contributed by atoms with van der Waals surface area (Å²) in [6.07, 6.45) is 3.47. The molecule has 0 aliphatic carbocycles. The van der Waals surface area contributed by atoms with Crippen LogP contribution in [0.3, 0.4) is 0 Å². The quantitative estimate of drug-likeness (QED) is 0.541. The molecule has 192 valence electrons. The van der Waals surface area contributed by atoms with E-state index >= 15 is 0 Å². The Morgan fingerprint density at radius 3 is 2.54 bits per heavy atom. The number of hydrogen-bond acceptors (Lipinski definition) is 5. The van der Waals surface area contributed by atoms with Crippen LogP contribution in [0.25, 0.3) is 0 Å². The fourth-order valence-electron chi connectivity index (χ4n) is 4.82. The topological polar surface area (TPSA) is 76.1 Å². The number of ether oxygens (including phenoxy) is 2. The van der Waals surface area contributed by atoms with Gasteiger partial charge in [0.15, 0.2) is 0 Å². The zero-order chi connectivity index (χ0) is 25.2. The van der Waals surface area contributed by atoms with Crippen molar-refractivity contribution in [2.24, 2.45) is 5.92 Å². The lowest BCUT2D eigenvalue weighted by molar-refractivity contribution is 0.0174. The van der Waals surface area contributed by atoms with E-state index in [4.69, 9.17) is 9.47 Å². The highest BCUT2D eigenvalue weighted by Gasteiger charge is 2.37. The number of anilines is 1. The second-order valence-electron chi connectivity index (χ2n) is 9.43. The normalized spacial score (nSPS) is 19.5. The van der Waals surface area contributed by atoms with E-state index in [1.54, 1.807) is 6.07 Å². The number of hydrogen-bond donors (Lipinski definition) is 1. The molecule has 2 heterocycles. The van der Waals surface area contributed by atoms with Gasteiger partial charge < -0.3 is 14.6 Å². The van der Waals surface area contributed by atoms with Crippen molar-refractivity contribution in [3.8, 4) is 5.75 Å². The van der Waals surface area contributed by atoms with Crippen LogP contribution >= 0.6 is 0 Å². The Morgan fingerprint density at radius 2 is 1.89 bits per heavy atom. The van der Waals surface area contributed by atoms with Gasteiger partial charge >= 0.3 is 0 Å². The molecule has 1 atom stereocenters. The highest BCUT2D eigenvalue weighted by Crippen LogP contribution is 2.40. The van der Waals surface area contributed by atoms with Gasteiger partial charge in [0.25, 0.3) is 15.9 Å². The molecule has 2 aromatic carbocycles.